The second-order valence-electron chi connectivity index (χ2n) is 11.5. The summed E-state index contributed by atoms with van der Waals surface area (Å²) in [7, 11) is 0. The van der Waals surface area contributed by atoms with Gasteiger partial charge in [-0.25, -0.2) is 19.2 Å². The first kappa shape index (κ1) is 36.3. The molecule has 0 heterocycles. The van der Waals surface area contributed by atoms with Crippen molar-refractivity contribution in [2.24, 2.45) is 0 Å². The summed E-state index contributed by atoms with van der Waals surface area (Å²) in [5, 5.41) is 2.65. The molecule has 2 atom stereocenters. The van der Waals surface area contributed by atoms with Crippen molar-refractivity contribution in [1.29, 1.82) is 0 Å². The highest BCUT2D eigenvalue weighted by Gasteiger charge is 2.43. The average molecular weight is 648 g/mol. The van der Waals surface area contributed by atoms with E-state index in [1.54, 1.807) is 99.6 Å². The minimum absolute atomic E-state index is 0.107. The van der Waals surface area contributed by atoms with Crippen molar-refractivity contribution in [3.63, 3.8) is 0 Å². The molecule has 0 saturated heterocycles. The molecule has 3 aromatic rings. The fourth-order valence-corrected chi connectivity index (χ4v) is 4.12. The Hall–Kier alpha value is -5.19. The largest absolute Gasteiger partial charge is 0.458 e. The maximum absolute atomic E-state index is 13.4. The summed E-state index contributed by atoms with van der Waals surface area (Å²) in [6.45, 7) is 5.26. The average Bonchev–Trinajstić information content (AvgIpc) is 3.06. The van der Waals surface area contributed by atoms with Crippen molar-refractivity contribution in [2.75, 3.05) is 6.54 Å². The maximum Gasteiger partial charge on any atom is 0.407 e. The summed E-state index contributed by atoms with van der Waals surface area (Å²) in [5.41, 5.74) is 0.787. The standard InChI is InChI=1S/C36H41NO10/c1-36(2,3)47-35(42)37-23-15-7-14-22-29(38)45-30(33(40)43-24-26-16-8-4-9-17-26)31(46-32(39)28-20-12-6-13-21-28)34(41)44-25-27-18-10-5-11-19-27/h4-6,8-13,16-21,30-31H,7,14-15,22-25H2,1-3H3,(H,37,42)/t30-,31-/m0/s1. The molecule has 0 bridgehead atoms. The van der Waals surface area contributed by atoms with Gasteiger partial charge >= 0.3 is 30.0 Å². The third kappa shape index (κ3) is 13.8. The van der Waals surface area contributed by atoms with E-state index in [4.69, 9.17) is 23.7 Å². The zero-order chi connectivity index (χ0) is 34.1. The monoisotopic (exact) mass is 647 g/mol. The molecule has 0 aromatic heterocycles. The van der Waals surface area contributed by atoms with E-state index in [0.717, 1.165) is 0 Å². The Balaban J connectivity index is 1.72. The number of rotatable bonds is 16. The number of esters is 4. The summed E-state index contributed by atoms with van der Waals surface area (Å²) in [4.78, 5) is 64.7. The molecule has 0 saturated carbocycles. The van der Waals surface area contributed by atoms with Gasteiger partial charge in [-0.1, -0.05) is 85.3 Å². The topological polar surface area (TPSA) is 144 Å². The minimum atomic E-state index is -1.96. The lowest BCUT2D eigenvalue weighted by Crippen LogP contribution is -2.47. The van der Waals surface area contributed by atoms with Crippen molar-refractivity contribution < 1.29 is 47.7 Å². The van der Waals surface area contributed by atoms with Gasteiger partial charge in [-0.05, 0) is 56.9 Å². The molecular formula is C36H41NO10. The van der Waals surface area contributed by atoms with E-state index in [0.29, 0.717) is 36.9 Å². The molecular weight excluding hydrogens is 606 g/mol. The van der Waals surface area contributed by atoms with Gasteiger partial charge in [0.25, 0.3) is 0 Å². The van der Waals surface area contributed by atoms with Crippen LogP contribution in [0.25, 0.3) is 0 Å². The van der Waals surface area contributed by atoms with E-state index in [-0.39, 0.29) is 25.2 Å². The van der Waals surface area contributed by atoms with Crippen LogP contribution < -0.4 is 5.32 Å². The van der Waals surface area contributed by atoms with E-state index in [1.807, 2.05) is 0 Å². The number of hydrogen-bond acceptors (Lipinski definition) is 10. The highest BCUT2D eigenvalue weighted by atomic mass is 16.6. The van der Waals surface area contributed by atoms with Gasteiger partial charge in [-0.3, -0.25) is 4.79 Å². The molecule has 0 spiro atoms. The number of nitrogens with one attached hydrogen (secondary N) is 1. The van der Waals surface area contributed by atoms with E-state index >= 15 is 0 Å². The Bertz CT molecular complexity index is 1440. The Kier molecular flexibility index (Phi) is 14.4. The summed E-state index contributed by atoms with van der Waals surface area (Å²) in [5.74, 6) is -3.93. The first-order valence-electron chi connectivity index (χ1n) is 15.4. The van der Waals surface area contributed by atoms with Crippen LogP contribution in [0.2, 0.25) is 0 Å². The fourth-order valence-electron chi connectivity index (χ4n) is 4.12. The number of hydrogen-bond donors (Lipinski definition) is 1. The van der Waals surface area contributed by atoms with Crippen LogP contribution in [0.5, 0.6) is 0 Å². The van der Waals surface area contributed by atoms with Gasteiger partial charge < -0.3 is 29.0 Å². The van der Waals surface area contributed by atoms with Gasteiger partial charge in [0.15, 0.2) is 0 Å². The number of benzene rings is 3. The highest BCUT2D eigenvalue weighted by molar-refractivity contribution is 5.94. The van der Waals surface area contributed by atoms with Crippen LogP contribution in [0.3, 0.4) is 0 Å². The zero-order valence-electron chi connectivity index (χ0n) is 26.8. The predicted molar refractivity (Wildman–Crippen MR) is 171 cm³/mol. The van der Waals surface area contributed by atoms with Crippen molar-refractivity contribution in [2.45, 2.75) is 77.5 Å². The first-order valence-corrected chi connectivity index (χ1v) is 15.4. The van der Waals surface area contributed by atoms with E-state index in [9.17, 15) is 24.0 Å². The molecule has 0 aliphatic heterocycles. The normalized spacial score (nSPS) is 12.1. The number of unbranched alkanes of at least 4 members (excludes halogenated alkanes) is 2. The fraction of sp³-hybridized carbons (Fsp3) is 0.361. The van der Waals surface area contributed by atoms with Gasteiger partial charge in [0.1, 0.15) is 18.8 Å². The molecule has 250 valence electrons. The number of ether oxygens (including phenoxy) is 5. The molecule has 3 rings (SSSR count). The summed E-state index contributed by atoms with van der Waals surface area (Å²) >= 11 is 0. The second kappa shape index (κ2) is 18.7. The van der Waals surface area contributed by atoms with E-state index in [1.165, 1.54) is 12.1 Å². The molecule has 0 aliphatic rings. The molecule has 0 radical (unpaired) electrons. The van der Waals surface area contributed by atoms with Gasteiger partial charge in [0.05, 0.1) is 5.56 Å². The number of carbonyl (C=O) groups is 5. The van der Waals surface area contributed by atoms with Crippen molar-refractivity contribution in [3.05, 3.63) is 108 Å². The minimum Gasteiger partial charge on any atom is -0.458 e. The lowest BCUT2D eigenvalue weighted by Gasteiger charge is -2.24. The Morgan fingerprint density at radius 1 is 0.638 bits per heavy atom. The smallest absolute Gasteiger partial charge is 0.407 e. The van der Waals surface area contributed by atoms with Crippen molar-refractivity contribution >= 4 is 30.0 Å². The van der Waals surface area contributed by atoms with E-state index in [2.05, 4.69) is 5.32 Å². The predicted octanol–water partition coefficient (Wildman–Crippen LogP) is 5.70. The van der Waals surface area contributed by atoms with Crippen molar-refractivity contribution in [3.8, 4) is 0 Å². The summed E-state index contributed by atoms with van der Waals surface area (Å²) in [6.07, 6.45) is -3.12. The molecule has 1 N–H and O–H groups in total. The molecule has 0 unspecified atom stereocenters. The highest BCUT2D eigenvalue weighted by Crippen LogP contribution is 2.17. The summed E-state index contributed by atoms with van der Waals surface area (Å²) in [6, 6.07) is 25.4. The molecule has 0 aliphatic carbocycles. The summed E-state index contributed by atoms with van der Waals surface area (Å²) < 4.78 is 27.0. The Labute approximate surface area is 274 Å². The number of alkyl carbamates (subject to hydrolysis) is 1. The van der Waals surface area contributed by atoms with E-state index < -0.39 is 47.8 Å². The van der Waals surface area contributed by atoms with Crippen molar-refractivity contribution in [1.82, 2.24) is 5.32 Å². The molecule has 1 amide bonds. The molecule has 11 heteroatoms. The molecule has 47 heavy (non-hydrogen) atoms. The maximum atomic E-state index is 13.4. The van der Waals surface area contributed by atoms with Crippen LogP contribution in [0, 0.1) is 0 Å². The SMILES string of the molecule is CC(C)(C)OC(=O)NCCCCCC(=O)O[C@H](C(=O)OCc1ccccc1)[C@H](OC(=O)c1ccccc1)C(=O)OCc1ccccc1. The van der Waals surface area contributed by atoms with Crippen LogP contribution >= 0.6 is 0 Å². The third-order valence-electron chi connectivity index (χ3n) is 6.42. The van der Waals surface area contributed by atoms with Gasteiger partial charge in [0.2, 0.25) is 12.2 Å². The lowest BCUT2D eigenvalue weighted by molar-refractivity contribution is -0.185. The molecule has 0 fully saturated rings. The zero-order valence-corrected chi connectivity index (χ0v) is 26.8. The molecule has 3 aromatic carbocycles. The van der Waals surface area contributed by atoms with Gasteiger partial charge in [-0.2, -0.15) is 0 Å². The van der Waals surface area contributed by atoms with Crippen LogP contribution in [-0.4, -0.2) is 54.3 Å². The van der Waals surface area contributed by atoms with Crippen LogP contribution in [-0.2, 0) is 51.3 Å². The Morgan fingerprint density at radius 2 is 1.13 bits per heavy atom. The van der Waals surface area contributed by atoms with Crippen LogP contribution in [0.4, 0.5) is 4.79 Å². The lowest BCUT2D eigenvalue weighted by atomic mass is 10.1. The first-order chi connectivity index (χ1) is 22.5. The third-order valence-corrected chi connectivity index (χ3v) is 6.42. The number of amides is 1. The number of carbonyl (C=O) groups excluding carboxylic acids is 5. The van der Waals surface area contributed by atoms with Gasteiger partial charge in [-0.15, -0.1) is 0 Å². The Morgan fingerprint density at radius 3 is 1.64 bits per heavy atom. The quantitative estimate of drug-likeness (QED) is 0.117. The second-order valence-corrected chi connectivity index (χ2v) is 11.5. The van der Waals surface area contributed by atoms with Crippen LogP contribution in [0.1, 0.15) is 67.9 Å². The van der Waals surface area contributed by atoms with Gasteiger partial charge in [0, 0.05) is 13.0 Å². The molecule has 11 nitrogen and oxygen atoms in total. The van der Waals surface area contributed by atoms with Crippen LogP contribution in [0.15, 0.2) is 91.0 Å².